The van der Waals surface area contributed by atoms with Crippen LogP contribution in [0.15, 0.2) is 24.3 Å². The fourth-order valence-corrected chi connectivity index (χ4v) is 4.41. The molecule has 3 fully saturated rings. The summed E-state index contributed by atoms with van der Waals surface area (Å²) in [6, 6.07) is 8.44. The van der Waals surface area contributed by atoms with Gasteiger partial charge in [-0.15, -0.1) is 12.4 Å². The molecule has 5 heteroatoms. The summed E-state index contributed by atoms with van der Waals surface area (Å²) in [5, 5.41) is 3.32. The lowest BCUT2D eigenvalue weighted by Gasteiger charge is -2.60. The van der Waals surface area contributed by atoms with E-state index in [2.05, 4.69) is 5.32 Å². The van der Waals surface area contributed by atoms with Gasteiger partial charge in [-0.2, -0.15) is 0 Å². The number of hydrogen-bond donors (Lipinski definition) is 2. The first-order valence-corrected chi connectivity index (χ1v) is 8.32. The van der Waals surface area contributed by atoms with Crippen molar-refractivity contribution in [3.05, 3.63) is 29.8 Å². The van der Waals surface area contributed by atoms with E-state index in [0.29, 0.717) is 0 Å². The van der Waals surface area contributed by atoms with Crippen molar-refractivity contribution >= 4 is 18.3 Å². The summed E-state index contributed by atoms with van der Waals surface area (Å²) in [6.07, 6.45) is 6.32. The van der Waals surface area contributed by atoms with Crippen LogP contribution < -0.4 is 15.8 Å². The number of amides is 1. The van der Waals surface area contributed by atoms with Crippen LogP contribution in [0.3, 0.4) is 0 Å². The quantitative estimate of drug-likeness (QED) is 0.888. The van der Waals surface area contributed by atoms with Gasteiger partial charge in [0, 0.05) is 23.1 Å². The van der Waals surface area contributed by atoms with Crippen LogP contribution in [0.4, 0.5) is 0 Å². The molecule has 0 saturated heterocycles. The highest BCUT2D eigenvalue weighted by Gasteiger charge is 2.60. The fraction of sp³-hybridized carbons (Fsp3) is 0.611. The number of carbonyl (C=O) groups excluding carboxylic acids is 1. The molecule has 0 radical (unpaired) electrons. The first-order chi connectivity index (χ1) is 10.6. The van der Waals surface area contributed by atoms with Gasteiger partial charge in [-0.25, -0.2) is 0 Å². The van der Waals surface area contributed by atoms with Gasteiger partial charge >= 0.3 is 0 Å². The predicted molar refractivity (Wildman–Crippen MR) is 92.0 cm³/mol. The van der Waals surface area contributed by atoms with E-state index < -0.39 is 0 Å². The third-order valence-corrected chi connectivity index (χ3v) is 6.32. The number of ether oxygens (including phenoxy) is 1. The second-order valence-electron chi connectivity index (χ2n) is 7.24. The van der Waals surface area contributed by atoms with E-state index in [-0.39, 0.29) is 41.2 Å². The number of hydrogen-bond acceptors (Lipinski definition) is 3. The van der Waals surface area contributed by atoms with E-state index in [0.717, 1.165) is 30.6 Å². The monoisotopic (exact) mass is 336 g/mol. The SMILES string of the molecule is COc1ccccc1C1(C(=O)NC2CC(N)C23CCC3)CC1.Cl. The van der Waals surface area contributed by atoms with Crippen LogP contribution in [-0.4, -0.2) is 25.1 Å². The van der Waals surface area contributed by atoms with Gasteiger partial charge < -0.3 is 15.8 Å². The summed E-state index contributed by atoms with van der Waals surface area (Å²) < 4.78 is 5.46. The van der Waals surface area contributed by atoms with Gasteiger partial charge in [-0.3, -0.25) is 4.79 Å². The Bertz CT molecular complexity index is 611. The lowest BCUT2D eigenvalue weighted by Crippen LogP contribution is -2.70. The van der Waals surface area contributed by atoms with Crippen LogP contribution in [0.1, 0.15) is 44.1 Å². The zero-order valence-electron chi connectivity index (χ0n) is 13.5. The Morgan fingerprint density at radius 2 is 1.96 bits per heavy atom. The zero-order chi connectivity index (χ0) is 15.4. The molecule has 3 N–H and O–H groups in total. The van der Waals surface area contributed by atoms with Crippen molar-refractivity contribution in [3.63, 3.8) is 0 Å². The van der Waals surface area contributed by atoms with Gasteiger partial charge in [0.25, 0.3) is 0 Å². The first-order valence-electron chi connectivity index (χ1n) is 8.32. The minimum atomic E-state index is -0.378. The van der Waals surface area contributed by atoms with Crippen molar-refractivity contribution in [3.8, 4) is 5.75 Å². The van der Waals surface area contributed by atoms with Gasteiger partial charge in [0.15, 0.2) is 0 Å². The van der Waals surface area contributed by atoms with Crippen LogP contribution in [0.5, 0.6) is 5.75 Å². The maximum absolute atomic E-state index is 12.9. The fourth-order valence-electron chi connectivity index (χ4n) is 4.41. The molecular formula is C18H25ClN2O2. The molecule has 1 aromatic rings. The highest BCUT2D eigenvalue weighted by molar-refractivity contribution is 5.92. The number of methoxy groups -OCH3 is 1. The number of carbonyl (C=O) groups is 1. The lowest BCUT2D eigenvalue weighted by molar-refractivity contribution is -0.130. The van der Waals surface area contributed by atoms with Crippen LogP contribution in [0.25, 0.3) is 0 Å². The molecular weight excluding hydrogens is 312 g/mol. The molecule has 2 unspecified atom stereocenters. The number of rotatable bonds is 4. The van der Waals surface area contributed by atoms with Gasteiger partial charge in [-0.1, -0.05) is 24.6 Å². The predicted octanol–water partition coefficient (Wildman–Crippen LogP) is 2.53. The molecule has 0 aliphatic heterocycles. The van der Waals surface area contributed by atoms with Crippen molar-refractivity contribution < 1.29 is 9.53 Å². The van der Waals surface area contributed by atoms with Crippen LogP contribution in [-0.2, 0) is 10.2 Å². The van der Waals surface area contributed by atoms with Crippen LogP contribution in [0.2, 0.25) is 0 Å². The number of para-hydroxylation sites is 1. The molecule has 0 bridgehead atoms. The minimum absolute atomic E-state index is 0. The number of nitrogens with two attached hydrogens (primary N) is 1. The van der Waals surface area contributed by atoms with Gasteiger partial charge in [0.05, 0.1) is 12.5 Å². The highest BCUT2D eigenvalue weighted by Crippen LogP contribution is 2.56. The third kappa shape index (κ3) is 2.26. The molecule has 3 saturated carbocycles. The van der Waals surface area contributed by atoms with Crippen LogP contribution in [0, 0.1) is 5.41 Å². The van der Waals surface area contributed by atoms with Gasteiger partial charge in [0.2, 0.25) is 5.91 Å². The molecule has 1 spiro atoms. The van der Waals surface area contributed by atoms with Crippen molar-refractivity contribution in [1.82, 2.24) is 5.32 Å². The van der Waals surface area contributed by atoms with E-state index in [9.17, 15) is 4.79 Å². The second kappa shape index (κ2) is 5.67. The number of halogens is 1. The largest absolute Gasteiger partial charge is 0.496 e. The molecule has 0 aromatic heterocycles. The molecule has 23 heavy (non-hydrogen) atoms. The lowest BCUT2D eigenvalue weighted by atomic mass is 9.50. The molecule has 4 rings (SSSR count). The van der Waals surface area contributed by atoms with Gasteiger partial charge in [0.1, 0.15) is 5.75 Å². The maximum atomic E-state index is 12.9. The van der Waals surface area contributed by atoms with Crippen molar-refractivity contribution in [2.75, 3.05) is 7.11 Å². The molecule has 1 aromatic carbocycles. The van der Waals surface area contributed by atoms with E-state index >= 15 is 0 Å². The van der Waals surface area contributed by atoms with Crippen LogP contribution >= 0.6 is 12.4 Å². The Labute approximate surface area is 143 Å². The average Bonchev–Trinajstić information content (AvgIpc) is 3.26. The smallest absolute Gasteiger partial charge is 0.231 e. The first kappa shape index (κ1) is 16.6. The normalized spacial score (nSPS) is 28.8. The van der Waals surface area contributed by atoms with Crippen molar-refractivity contribution in [2.45, 2.75) is 56.0 Å². The molecule has 3 aliphatic rings. The second-order valence-corrected chi connectivity index (χ2v) is 7.24. The standard InChI is InChI=1S/C18H24N2O2.ClH/c1-22-13-6-3-2-5-12(13)17(9-10-17)16(21)20-15-11-14(19)18(15)7-4-8-18;/h2-3,5-6,14-15H,4,7-11,19H2,1H3,(H,20,21);1H. The molecule has 126 valence electrons. The summed E-state index contributed by atoms with van der Waals surface area (Å²) in [6.45, 7) is 0. The summed E-state index contributed by atoms with van der Waals surface area (Å²) in [4.78, 5) is 12.9. The summed E-state index contributed by atoms with van der Waals surface area (Å²) >= 11 is 0. The average molecular weight is 337 g/mol. The van der Waals surface area contributed by atoms with E-state index in [1.54, 1.807) is 7.11 Å². The Kier molecular flexibility index (Phi) is 4.09. The maximum Gasteiger partial charge on any atom is 0.231 e. The van der Waals surface area contributed by atoms with E-state index in [1.165, 1.54) is 19.3 Å². The van der Waals surface area contributed by atoms with Crippen molar-refractivity contribution in [1.29, 1.82) is 0 Å². The third-order valence-electron chi connectivity index (χ3n) is 6.32. The summed E-state index contributed by atoms with van der Waals surface area (Å²) in [5.41, 5.74) is 7.05. The minimum Gasteiger partial charge on any atom is -0.496 e. The molecule has 3 aliphatic carbocycles. The molecule has 2 atom stereocenters. The van der Waals surface area contributed by atoms with E-state index in [4.69, 9.17) is 10.5 Å². The zero-order valence-corrected chi connectivity index (χ0v) is 14.3. The molecule has 1 amide bonds. The number of benzene rings is 1. The Morgan fingerprint density at radius 1 is 1.26 bits per heavy atom. The van der Waals surface area contributed by atoms with Crippen molar-refractivity contribution in [2.24, 2.45) is 11.1 Å². The molecule has 4 nitrogen and oxygen atoms in total. The highest BCUT2D eigenvalue weighted by atomic mass is 35.5. The topological polar surface area (TPSA) is 64.3 Å². The Hall–Kier alpha value is -1.26. The number of nitrogens with one attached hydrogen (secondary N) is 1. The van der Waals surface area contributed by atoms with Gasteiger partial charge in [-0.05, 0) is 38.2 Å². The van der Waals surface area contributed by atoms with E-state index in [1.807, 2.05) is 24.3 Å². The molecule has 0 heterocycles. The summed E-state index contributed by atoms with van der Waals surface area (Å²) in [7, 11) is 1.67. The Balaban J connectivity index is 0.00000156. The summed E-state index contributed by atoms with van der Waals surface area (Å²) in [5.74, 6) is 0.985. The Morgan fingerprint density at radius 3 is 2.48 bits per heavy atom.